The van der Waals surface area contributed by atoms with Crippen molar-refractivity contribution in [3.05, 3.63) is 56.7 Å². The highest BCUT2D eigenvalue weighted by Gasteiger charge is 2.38. The van der Waals surface area contributed by atoms with Crippen LogP contribution in [0.3, 0.4) is 0 Å². The van der Waals surface area contributed by atoms with Gasteiger partial charge < -0.3 is 20.4 Å². The van der Waals surface area contributed by atoms with Crippen molar-refractivity contribution in [3.8, 4) is 0 Å². The van der Waals surface area contributed by atoms with Crippen LogP contribution in [0.5, 0.6) is 0 Å². The predicted octanol–water partition coefficient (Wildman–Crippen LogP) is 2.25. The van der Waals surface area contributed by atoms with Gasteiger partial charge in [-0.2, -0.15) is 0 Å². The van der Waals surface area contributed by atoms with Gasteiger partial charge in [0.15, 0.2) is 12.2 Å². The molecule has 0 spiro atoms. The molecule has 0 bridgehead atoms. The predicted molar refractivity (Wildman–Crippen MR) is 111 cm³/mol. The van der Waals surface area contributed by atoms with Gasteiger partial charge in [0.2, 0.25) is 0 Å². The van der Waals surface area contributed by atoms with Crippen molar-refractivity contribution >= 4 is 39.1 Å². The van der Waals surface area contributed by atoms with Crippen molar-refractivity contribution in [3.63, 3.8) is 0 Å². The summed E-state index contributed by atoms with van der Waals surface area (Å²) in [5, 5.41) is 25.0. The number of amides is 2. The summed E-state index contributed by atoms with van der Waals surface area (Å²) in [6.07, 6.45) is -1.34. The van der Waals surface area contributed by atoms with Crippen LogP contribution < -0.4 is 5.32 Å². The fourth-order valence-corrected chi connectivity index (χ4v) is 4.35. The Labute approximate surface area is 176 Å². The molecule has 3 N–H and O–H groups in total. The minimum Gasteiger partial charge on any atom is -0.380 e. The summed E-state index contributed by atoms with van der Waals surface area (Å²) in [5.41, 5.74) is 0.969. The van der Waals surface area contributed by atoms with Gasteiger partial charge in [0, 0.05) is 22.4 Å². The summed E-state index contributed by atoms with van der Waals surface area (Å²) in [4.78, 5) is 27.5. The normalized spacial score (nSPS) is 18.7. The fraction of sp³-hybridized carbons (Fsp3) is 0.400. The van der Waals surface area contributed by atoms with Crippen molar-refractivity contribution in [2.75, 3.05) is 13.1 Å². The average Bonchev–Trinajstić information content (AvgIpc) is 3.38. The number of thiophene rings is 1. The highest BCUT2D eigenvalue weighted by Crippen LogP contribution is 2.33. The van der Waals surface area contributed by atoms with Gasteiger partial charge in [0.1, 0.15) is 0 Å². The number of hydrogen-bond donors (Lipinski definition) is 3. The molecule has 1 aromatic carbocycles. The van der Waals surface area contributed by atoms with E-state index in [1.807, 2.05) is 41.8 Å². The van der Waals surface area contributed by atoms with E-state index in [9.17, 15) is 19.8 Å². The maximum absolute atomic E-state index is 12.7. The van der Waals surface area contributed by atoms with Crippen LogP contribution >= 0.6 is 27.3 Å². The zero-order chi connectivity index (χ0) is 20.1. The summed E-state index contributed by atoms with van der Waals surface area (Å²) >= 11 is 4.98. The van der Waals surface area contributed by atoms with E-state index in [1.54, 1.807) is 16.2 Å². The van der Waals surface area contributed by atoms with Crippen LogP contribution in [0.1, 0.15) is 29.3 Å². The number of aliphatic hydroxyl groups is 2. The largest absolute Gasteiger partial charge is 0.380 e. The molecule has 1 saturated heterocycles. The molecule has 8 heteroatoms. The highest BCUT2D eigenvalue weighted by molar-refractivity contribution is 9.10. The molecule has 1 fully saturated rings. The number of carbonyl (C=O) groups excluding carboxylic acids is 2. The van der Waals surface area contributed by atoms with Gasteiger partial charge in [0.25, 0.3) is 11.8 Å². The topological polar surface area (TPSA) is 89.9 Å². The van der Waals surface area contributed by atoms with Crippen molar-refractivity contribution < 1.29 is 19.8 Å². The Balaban J connectivity index is 1.57. The SMILES string of the molecule is O=C(NCCc1cccs1)C(O)C(O)C(=O)N1CCCC1c1ccc(Br)cc1. The summed E-state index contributed by atoms with van der Waals surface area (Å²) in [7, 11) is 0. The number of aliphatic hydroxyl groups excluding tert-OH is 2. The van der Waals surface area contributed by atoms with Gasteiger partial charge in [-0.15, -0.1) is 11.3 Å². The summed E-state index contributed by atoms with van der Waals surface area (Å²) in [6.45, 7) is 0.825. The van der Waals surface area contributed by atoms with Gasteiger partial charge in [-0.05, 0) is 48.4 Å². The molecule has 0 radical (unpaired) electrons. The third-order valence-corrected chi connectivity index (χ3v) is 6.33. The van der Waals surface area contributed by atoms with Crippen LogP contribution in [0.4, 0.5) is 0 Å². The lowest BCUT2D eigenvalue weighted by Gasteiger charge is -2.28. The Kier molecular flexibility index (Phi) is 7.23. The zero-order valence-corrected chi connectivity index (χ0v) is 17.7. The Hall–Kier alpha value is -1.74. The first-order valence-electron chi connectivity index (χ1n) is 9.19. The second-order valence-corrected chi connectivity index (χ2v) is 8.70. The monoisotopic (exact) mass is 466 g/mol. The Morgan fingerprint density at radius 3 is 2.64 bits per heavy atom. The number of nitrogens with one attached hydrogen (secondary N) is 1. The van der Waals surface area contributed by atoms with Crippen molar-refractivity contribution in [1.29, 1.82) is 0 Å². The van der Waals surface area contributed by atoms with Gasteiger partial charge >= 0.3 is 0 Å². The second-order valence-electron chi connectivity index (χ2n) is 6.75. The van der Waals surface area contributed by atoms with Crippen molar-refractivity contribution in [1.82, 2.24) is 10.2 Å². The Bertz CT molecular complexity index is 797. The lowest BCUT2D eigenvalue weighted by atomic mass is 10.0. The Morgan fingerprint density at radius 2 is 1.96 bits per heavy atom. The number of hydrogen-bond acceptors (Lipinski definition) is 5. The maximum Gasteiger partial charge on any atom is 0.255 e. The van der Waals surface area contributed by atoms with E-state index in [0.29, 0.717) is 19.5 Å². The molecule has 0 saturated carbocycles. The molecule has 150 valence electrons. The van der Waals surface area contributed by atoms with E-state index >= 15 is 0 Å². The van der Waals surface area contributed by atoms with Crippen molar-refractivity contribution in [2.24, 2.45) is 0 Å². The van der Waals surface area contributed by atoms with E-state index in [2.05, 4.69) is 21.2 Å². The Morgan fingerprint density at radius 1 is 1.21 bits per heavy atom. The van der Waals surface area contributed by atoms with E-state index in [0.717, 1.165) is 27.8 Å². The molecule has 6 nitrogen and oxygen atoms in total. The fourth-order valence-electron chi connectivity index (χ4n) is 3.38. The highest BCUT2D eigenvalue weighted by atomic mass is 79.9. The minimum atomic E-state index is -1.79. The van der Waals surface area contributed by atoms with Crippen molar-refractivity contribution in [2.45, 2.75) is 37.5 Å². The molecule has 3 rings (SSSR count). The molecule has 2 aromatic rings. The molecule has 2 amide bonds. The van der Waals surface area contributed by atoms with E-state index in [4.69, 9.17) is 0 Å². The zero-order valence-electron chi connectivity index (χ0n) is 15.3. The number of rotatable bonds is 7. The van der Waals surface area contributed by atoms with Crippen LogP contribution in [-0.4, -0.2) is 52.2 Å². The number of carbonyl (C=O) groups is 2. The lowest BCUT2D eigenvalue weighted by molar-refractivity contribution is -0.153. The summed E-state index contributed by atoms with van der Waals surface area (Å²) in [5.74, 6) is -1.36. The molecule has 28 heavy (non-hydrogen) atoms. The van der Waals surface area contributed by atoms with Crippen LogP contribution in [-0.2, 0) is 16.0 Å². The van der Waals surface area contributed by atoms with Gasteiger partial charge in [-0.25, -0.2) is 0 Å². The lowest BCUT2D eigenvalue weighted by Crippen LogP contribution is -2.50. The molecule has 3 unspecified atom stereocenters. The van der Waals surface area contributed by atoms with Gasteiger partial charge in [-0.1, -0.05) is 34.1 Å². The molecule has 1 aliphatic heterocycles. The standard InChI is InChI=1S/C20H23BrN2O4S/c21-14-7-5-13(6-8-14)16-4-1-11-23(16)20(27)18(25)17(24)19(26)22-10-9-15-3-2-12-28-15/h2-3,5-8,12,16-18,24-25H,1,4,9-11H2,(H,22,26). The smallest absolute Gasteiger partial charge is 0.255 e. The average molecular weight is 467 g/mol. The third kappa shape index (κ3) is 5.00. The number of likely N-dealkylation sites (tertiary alicyclic amines) is 1. The van der Waals surface area contributed by atoms with E-state index in [-0.39, 0.29) is 6.04 Å². The minimum absolute atomic E-state index is 0.163. The molecule has 1 aromatic heterocycles. The second kappa shape index (κ2) is 9.65. The van der Waals surface area contributed by atoms with Gasteiger partial charge in [-0.3, -0.25) is 9.59 Å². The maximum atomic E-state index is 12.7. The summed E-state index contributed by atoms with van der Waals surface area (Å²) in [6, 6.07) is 11.4. The van der Waals surface area contributed by atoms with Crippen LogP contribution in [0.2, 0.25) is 0 Å². The first-order chi connectivity index (χ1) is 13.5. The third-order valence-electron chi connectivity index (χ3n) is 4.86. The van der Waals surface area contributed by atoms with Crippen LogP contribution in [0, 0.1) is 0 Å². The first kappa shape index (κ1) is 21.0. The quantitative estimate of drug-likeness (QED) is 0.583. The number of nitrogens with zero attached hydrogens (tertiary/aromatic N) is 1. The molecule has 1 aliphatic rings. The molecular formula is C20H23BrN2O4S. The molecule has 3 atom stereocenters. The van der Waals surface area contributed by atoms with E-state index in [1.165, 1.54) is 0 Å². The molecule has 2 heterocycles. The van der Waals surface area contributed by atoms with E-state index < -0.39 is 24.0 Å². The number of benzene rings is 1. The molecular weight excluding hydrogens is 444 g/mol. The number of halogens is 1. The first-order valence-corrected chi connectivity index (χ1v) is 10.9. The van der Waals surface area contributed by atoms with Crippen LogP contribution in [0.25, 0.3) is 0 Å². The molecule has 0 aliphatic carbocycles. The summed E-state index contributed by atoms with van der Waals surface area (Å²) < 4.78 is 0.946. The van der Waals surface area contributed by atoms with Crippen LogP contribution in [0.15, 0.2) is 46.3 Å². The van der Waals surface area contributed by atoms with Gasteiger partial charge in [0.05, 0.1) is 6.04 Å².